The summed E-state index contributed by atoms with van der Waals surface area (Å²) in [4.78, 5) is 11.2. The Bertz CT molecular complexity index is 206. The molecular formula is C10H18ClNO2. The van der Waals surface area contributed by atoms with Gasteiger partial charge in [-0.25, -0.2) is 0 Å². The van der Waals surface area contributed by atoms with Crippen molar-refractivity contribution in [1.29, 1.82) is 0 Å². The van der Waals surface area contributed by atoms with Gasteiger partial charge in [0.15, 0.2) is 0 Å². The van der Waals surface area contributed by atoms with Crippen LogP contribution in [0.1, 0.15) is 32.1 Å². The summed E-state index contributed by atoms with van der Waals surface area (Å²) < 4.78 is 4.71. The third-order valence-corrected chi connectivity index (χ3v) is 3.59. The number of carbonyl (C=O) groups is 1. The molecule has 1 atom stereocenters. The van der Waals surface area contributed by atoms with Crippen LogP contribution in [0.5, 0.6) is 0 Å². The fourth-order valence-electron chi connectivity index (χ4n) is 2.43. The van der Waals surface area contributed by atoms with E-state index in [4.69, 9.17) is 4.74 Å². The largest absolute Gasteiger partial charge is 0.468 e. The van der Waals surface area contributed by atoms with Gasteiger partial charge in [0.25, 0.3) is 0 Å². The predicted octanol–water partition coefficient (Wildman–Crippen LogP) is 1.50. The summed E-state index contributed by atoms with van der Waals surface area (Å²) in [5.74, 6) is -0.103. The summed E-state index contributed by atoms with van der Waals surface area (Å²) in [7, 11) is 1.46. The van der Waals surface area contributed by atoms with Crippen LogP contribution in [-0.2, 0) is 9.53 Å². The van der Waals surface area contributed by atoms with E-state index in [0.29, 0.717) is 5.41 Å². The highest BCUT2D eigenvalue weighted by Crippen LogP contribution is 2.46. The zero-order valence-electron chi connectivity index (χ0n) is 8.54. The van der Waals surface area contributed by atoms with Gasteiger partial charge >= 0.3 is 5.97 Å². The lowest BCUT2D eigenvalue weighted by molar-refractivity contribution is -0.144. The summed E-state index contributed by atoms with van der Waals surface area (Å²) in [5.41, 5.74) is 0.546. The number of rotatable bonds is 1. The van der Waals surface area contributed by atoms with E-state index in [-0.39, 0.29) is 24.4 Å². The first-order chi connectivity index (χ1) is 6.26. The van der Waals surface area contributed by atoms with Crippen LogP contribution < -0.4 is 5.32 Å². The van der Waals surface area contributed by atoms with E-state index in [1.807, 2.05) is 0 Å². The molecule has 4 heteroatoms. The van der Waals surface area contributed by atoms with Crippen molar-refractivity contribution in [2.45, 2.75) is 38.1 Å². The maximum absolute atomic E-state index is 11.2. The minimum atomic E-state index is -0.103. The molecule has 2 rings (SSSR count). The third-order valence-electron chi connectivity index (χ3n) is 3.59. The maximum Gasteiger partial charge on any atom is 0.322 e. The Hall–Kier alpha value is -0.280. The maximum atomic E-state index is 11.2. The van der Waals surface area contributed by atoms with Gasteiger partial charge in [0, 0.05) is 6.54 Å². The number of hydrogen-bond acceptors (Lipinski definition) is 3. The van der Waals surface area contributed by atoms with Crippen molar-refractivity contribution in [3.8, 4) is 0 Å². The Morgan fingerprint density at radius 1 is 1.43 bits per heavy atom. The number of nitrogens with one attached hydrogen (secondary N) is 1. The van der Waals surface area contributed by atoms with E-state index >= 15 is 0 Å². The lowest BCUT2D eigenvalue weighted by atomic mass is 9.64. The van der Waals surface area contributed by atoms with Crippen molar-refractivity contribution in [3.63, 3.8) is 0 Å². The van der Waals surface area contributed by atoms with E-state index in [0.717, 1.165) is 13.0 Å². The predicted molar refractivity (Wildman–Crippen MR) is 56.6 cm³/mol. The van der Waals surface area contributed by atoms with Crippen molar-refractivity contribution in [2.75, 3.05) is 13.7 Å². The second-order valence-electron chi connectivity index (χ2n) is 4.35. The number of carbonyl (C=O) groups excluding carboxylic acids is 1. The average Bonchev–Trinajstić information content (AvgIpc) is 2.14. The molecule has 3 nitrogen and oxygen atoms in total. The van der Waals surface area contributed by atoms with Gasteiger partial charge in [-0.1, -0.05) is 6.42 Å². The van der Waals surface area contributed by atoms with Crippen LogP contribution in [0.4, 0.5) is 0 Å². The molecule has 0 amide bonds. The highest BCUT2D eigenvalue weighted by molar-refractivity contribution is 5.85. The molecule has 1 aliphatic heterocycles. The average molecular weight is 220 g/mol. The molecule has 82 valence electrons. The van der Waals surface area contributed by atoms with Crippen molar-refractivity contribution >= 4 is 18.4 Å². The molecule has 0 radical (unpaired) electrons. The van der Waals surface area contributed by atoms with Gasteiger partial charge in [-0.2, -0.15) is 0 Å². The Morgan fingerprint density at radius 2 is 2.14 bits per heavy atom. The number of hydrogen-bond donors (Lipinski definition) is 1. The van der Waals surface area contributed by atoms with Gasteiger partial charge in [-0.3, -0.25) is 4.79 Å². The van der Waals surface area contributed by atoms with Crippen molar-refractivity contribution in [2.24, 2.45) is 5.41 Å². The van der Waals surface area contributed by atoms with E-state index in [2.05, 4.69) is 5.32 Å². The van der Waals surface area contributed by atoms with Gasteiger partial charge in [0.2, 0.25) is 0 Å². The Morgan fingerprint density at radius 3 is 2.50 bits per heavy atom. The van der Waals surface area contributed by atoms with Crippen LogP contribution in [0.25, 0.3) is 0 Å². The first-order valence-electron chi connectivity index (χ1n) is 5.07. The molecule has 0 aromatic rings. The zero-order valence-corrected chi connectivity index (χ0v) is 9.36. The van der Waals surface area contributed by atoms with Gasteiger partial charge in [0.05, 0.1) is 7.11 Å². The van der Waals surface area contributed by atoms with E-state index < -0.39 is 0 Å². The van der Waals surface area contributed by atoms with Crippen LogP contribution in [0, 0.1) is 5.41 Å². The highest BCUT2D eigenvalue weighted by atomic mass is 35.5. The molecule has 2 aliphatic rings. The summed E-state index contributed by atoms with van der Waals surface area (Å²) in [6.45, 7) is 1.01. The van der Waals surface area contributed by atoms with Crippen molar-refractivity contribution in [1.82, 2.24) is 5.32 Å². The third kappa shape index (κ3) is 2.04. The van der Waals surface area contributed by atoms with Crippen molar-refractivity contribution < 1.29 is 9.53 Å². The Labute approximate surface area is 91.0 Å². The van der Waals surface area contributed by atoms with E-state index in [1.165, 1.54) is 32.8 Å². The summed E-state index contributed by atoms with van der Waals surface area (Å²) in [6.07, 6.45) is 6.19. The molecule has 1 saturated carbocycles. The van der Waals surface area contributed by atoms with Crippen LogP contribution in [0.15, 0.2) is 0 Å². The second kappa shape index (κ2) is 4.49. The molecule has 0 bridgehead atoms. The van der Waals surface area contributed by atoms with E-state index in [9.17, 15) is 4.79 Å². The molecular weight excluding hydrogens is 202 g/mol. The summed E-state index contributed by atoms with van der Waals surface area (Å²) in [5, 5.41) is 3.29. The Balaban J connectivity index is 0.000000980. The molecule has 0 aromatic heterocycles. The molecule has 0 aromatic carbocycles. The van der Waals surface area contributed by atoms with Gasteiger partial charge in [-0.05, 0) is 31.1 Å². The summed E-state index contributed by atoms with van der Waals surface area (Å²) >= 11 is 0. The van der Waals surface area contributed by atoms with Gasteiger partial charge in [0.1, 0.15) is 6.04 Å². The molecule has 1 spiro atoms. The molecule has 2 fully saturated rings. The normalized spacial score (nSPS) is 28.8. The van der Waals surface area contributed by atoms with Crippen LogP contribution in [-0.4, -0.2) is 25.7 Å². The SMILES string of the molecule is COC(=O)C1CCC2(CCC2)CN1.Cl. The van der Waals surface area contributed by atoms with Crippen molar-refractivity contribution in [3.05, 3.63) is 0 Å². The highest BCUT2D eigenvalue weighted by Gasteiger charge is 2.41. The van der Waals surface area contributed by atoms with Crippen LogP contribution >= 0.6 is 12.4 Å². The topological polar surface area (TPSA) is 38.3 Å². The standard InChI is InChI=1S/C10H17NO2.ClH/c1-13-9(12)8-3-6-10(7-11-8)4-2-5-10;/h8,11H,2-7H2,1H3;1H. The number of esters is 1. The fraction of sp³-hybridized carbons (Fsp3) is 0.900. The number of ether oxygens (including phenoxy) is 1. The molecule has 1 saturated heterocycles. The first-order valence-corrected chi connectivity index (χ1v) is 5.07. The minimum absolute atomic E-state index is 0. The summed E-state index contributed by atoms with van der Waals surface area (Å²) in [6, 6.07) is -0.0452. The minimum Gasteiger partial charge on any atom is -0.468 e. The smallest absolute Gasteiger partial charge is 0.322 e. The molecule has 14 heavy (non-hydrogen) atoms. The van der Waals surface area contributed by atoms with Crippen LogP contribution in [0.2, 0.25) is 0 Å². The van der Waals surface area contributed by atoms with Crippen LogP contribution in [0.3, 0.4) is 0 Å². The monoisotopic (exact) mass is 219 g/mol. The second-order valence-corrected chi connectivity index (χ2v) is 4.35. The van der Waals surface area contributed by atoms with E-state index in [1.54, 1.807) is 0 Å². The number of methoxy groups -OCH3 is 1. The molecule has 1 aliphatic carbocycles. The molecule has 1 heterocycles. The quantitative estimate of drug-likeness (QED) is 0.680. The number of halogens is 1. The lowest BCUT2D eigenvalue weighted by Crippen LogP contribution is -2.52. The van der Waals surface area contributed by atoms with Gasteiger partial charge in [-0.15, -0.1) is 12.4 Å². The first kappa shape index (κ1) is 11.8. The van der Waals surface area contributed by atoms with Gasteiger partial charge < -0.3 is 10.1 Å². The molecule has 1 N–H and O–H groups in total. The molecule has 1 unspecified atom stereocenters. The fourth-order valence-corrected chi connectivity index (χ4v) is 2.43. The lowest BCUT2D eigenvalue weighted by Gasteiger charge is -2.46. The Kier molecular flexibility index (Phi) is 3.78. The number of piperidine rings is 1. The zero-order chi connectivity index (χ0) is 9.31.